The molecule has 12 heteroatoms. The van der Waals surface area contributed by atoms with Gasteiger partial charge in [0.25, 0.3) is 17.7 Å². The van der Waals surface area contributed by atoms with Crippen LogP contribution in [-0.4, -0.2) is 45.7 Å². The van der Waals surface area contributed by atoms with Crippen molar-refractivity contribution in [2.45, 2.75) is 0 Å². The average molecular weight is 559 g/mol. The maximum atomic E-state index is 9.86. The molecule has 3 heterocycles. The molecular formula is C30H18N6O6. The van der Waals surface area contributed by atoms with Crippen LogP contribution in [-0.2, 0) is 0 Å². The highest BCUT2D eigenvalue weighted by molar-refractivity contribution is 5.76. The number of phenols is 3. The van der Waals surface area contributed by atoms with Gasteiger partial charge < -0.3 is 28.9 Å². The summed E-state index contributed by atoms with van der Waals surface area (Å²) in [5, 5.41) is 42.0. The van der Waals surface area contributed by atoms with E-state index in [1.807, 2.05) is 0 Å². The minimum Gasteiger partial charge on any atom is -0.508 e. The van der Waals surface area contributed by atoms with Crippen molar-refractivity contribution in [2.75, 3.05) is 0 Å². The van der Waals surface area contributed by atoms with Gasteiger partial charge in [-0.15, -0.1) is 0 Å². The van der Waals surface area contributed by atoms with Crippen molar-refractivity contribution in [1.29, 1.82) is 0 Å². The van der Waals surface area contributed by atoms with E-state index in [-0.39, 0.29) is 52.4 Å². The number of aromatic hydroxyl groups is 3. The second-order valence-electron chi connectivity index (χ2n) is 9.22. The molecule has 7 rings (SSSR count). The maximum Gasteiger partial charge on any atom is 0.258 e. The lowest BCUT2D eigenvalue weighted by atomic mass is 10.0. The first-order valence-electron chi connectivity index (χ1n) is 12.5. The standard InChI is InChI=1S/C30H18N6O6/c37-22-7-1-4-16(13-22)28-31-25(34-40-28)19-10-20(26-32-29(41-35-26)17-5-2-8-23(38)14-17)12-21(11-19)27-33-30(42-36-27)18-6-3-9-24(39)15-18/h1-15,37-39H. The van der Waals surface area contributed by atoms with Crippen LogP contribution in [0.1, 0.15) is 0 Å². The van der Waals surface area contributed by atoms with E-state index in [0.717, 1.165) is 0 Å². The van der Waals surface area contributed by atoms with Gasteiger partial charge >= 0.3 is 0 Å². The summed E-state index contributed by atoms with van der Waals surface area (Å²) in [6, 6.07) is 24.7. The Morgan fingerprint density at radius 3 is 0.976 bits per heavy atom. The molecule has 0 saturated carbocycles. The van der Waals surface area contributed by atoms with E-state index >= 15 is 0 Å². The van der Waals surface area contributed by atoms with Crippen LogP contribution in [0.5, 0.6) is 17.2 Å². The summed E-state index contributed by atoms with van der Waals surface area (Å²) in [5.74, 6) is 1.60. The zero-order valence-corrected chi connectivity index (χ0v) is 21.4. The van der Waals surface area contributed by atoms with Gasteiger partial charge in [0.2, 0.25) is 17.5 Å². The van der Waals surface area contributed by atoms with E-state index < -0.39 is 0 Å². The molecule has 0 radical (unpaired) electrons. The SMILES string of the molecule is Oc1cccc(-c2nc(-c3cc(-c4noc(-c5cccc(O)c5)n4)cc(-c4noc(-c5cccc(O)c5)n4)c3)no2)c1. The molecule has 42 heavy (non-hydrogen) atoms. The quantitative estimate of drug-likeness (QED) is 0.219. The first-order valence-corrected chi connectivity index (χ1v) is 12.5. The van der Waals surface area contributed by atoms with Crippen LogP contribution in [0.4, 0.5) is 0 Å². The minimum absolute atomic E-state index is 0.0656. The summed E-state index contributed by atoms with van der Waals surface area (Å²) in [6.45, 7) is 0. The van der Waals surface area contributed by atoms with E-state index in [0.29, 0.717) is 33.4 Å². The molecule has 0 aliphatic heterocycles. The zero-order valence-electron chi connectivity index (χ0n) is 21.4. The number of hydrogen-bond acceptors (Lipinski definition) is 12. The van der Waals surface area contributed by atoms with E-state index in [9.17, 15) is 15.3 Å². The molecule has 0 atom stereocenters. The monoisotopic (exact) mass is 558 g/mol. The van der Waals surface area contributed by atoms with Crippen molar-refractivity contribution in [1.82, 2.24) is 30.4 Å². The zero-order chi connectivity index (χ0) is 28.6. The summed E-state index contributed by atoms with van der Waals surface area (Å²) in [5.41, 5.74) is 3.24. The van der Waals surface area contributed by atoms with Crippen molar-refractivity contribution in [3.63, 3.8) is 0 Å². The van der Waals surface area contributed by atoms with Crippen molar-refractivity contribution < 1.29 is 28.9 Å². The Morgan fingerprint density at radius 2 is 0.690 bits per heavy atom. The third-order valence-electron chi connectivity index (χ3n) is 6.27. The molecule has 0 amide bonds. The smallest absolute Gasteiger partial charge is 0.258 e. The number of nitrogens with zero attached hydrogens (tertiary/aromatic N) is 6. The summed E-state index contributed by atoms with van der Waals surface area (Å²) in [7, 11) is 0. The van der Waals surface area contributed by atoms with E-state index in [2.05, 4.69) is 30.4 Å². The maximum absolute atomic E-state index is 9.86. The van der Waals surface area contributed by atoms with Gasteiger partial charge in [0.1, 0.15) is 17.2 Å². The summed E-state index contributed by atoms with van der Waals surface area (Å²) < 4.78 is 16.4. The number of rotatable bonds is 6. The van der Waals surface area contributed by atoms with Gasteiger partial charge in [0.15, 0.2) is 0 Å². The molecule has 3 aromatic heterocycles. The molecule has 0 bridgehead atoms. The highest BCUT2D eigenvalue weighted by Gasteiger charge is 2.19. The molecule has 204 valence electrons. The Labute approximate surface area is 236 Å². The van der Waals surface area contributed by atoms with Crippen molar-refractivity contribution >= 4 is 0 Å². The summed E-state index contributed by atoms with van der Waals surface area (Å²) >= 11 is 0. The van der Waals surface area contributed by atoms with Crippen LogP contribution in [0.15, 0.2) is 105 Å². The molecule has 4 aromatic carbocycles. The van der Waals surface area contributed by atoms with Crippen LogP contribution >= 0.6 is 0 Å². The Bertz CT molecular complexity index is 1820. The summed E-state index contributed by atoms with van der Waals surface area (Å²) in [6.07, 6.45) is 0. The molecule has 0 aliphatic carbocycles. The first-order chi connectivity index (χ1) is 20.5. The molecule has 0 spiro atoms. The number of hydrogen-bond donors (Lipinski definition) is 3. The van der Waals surface area contributed by atoms with Crippen LogP contribution < -0.4 is 0 Å². The average Bonchev–Trinajstić information content (AvgIpc) is 3.78. The number of phenolic OH excluding ortho intramolecular Hbond substituents is 3. The Kier molecular flexibility index (Phi) is 5.90. The van der Waals surface area contributed by atoms with Gasteiger partial charge in [0, 0.05) is 33.4 Å². The normalized spacial score (nSPS) is 11.1. The van der Waals surface area contributed by atoms with Gasteiger partial charge in [-0.3, -0.25) is 0 Å². The topological polar surface area (TPSA) is 177 Å². The van der Waals surface area contributed by atoms with Crippen LogP contribution in [0.3, 0.4) is 0 Å². The lowest BCUT2D eigenvalue weighted by Gasteiger charge is -2.03. The largest absolute Gasteiger partial charge is 0.508 e. The molecule has 0 fully saturated rings. The van der Waals surface area contributed by atoms with Crippen LogP contribution in [0.25, 0.3) is 68.5 Å². The van der Waals surface area contributed by atoms with Crippen LogP contribution in [0, 0.1) is 0 Å². The van der Waals surface area contributed by atoms with E-state index in [1.54, 1.807) is 72.8 Å². The highest BCUT2D eigenvalue weighted by atomic mass is 16.5. The van der Waals surface area contributed by atoms with Crippen molar-refractivity contribution in [3.05, 3.63) is 91.0 Å². The van der Waals surface area contributed by atoms with Crippen molar-refractivity contribution in [3.8, 4) is 85.8 Å². The third kappa shape index (κ3) is 4.79. The third-order valence-corrected chi connectivity index (χ3v) is 6.27. The predicted octanol–water partition coefficient (Wildman–Crippen LogP) is 5.95. The van der Waals surface area contributed by atoms with Gasteiger partial charge in [0.05, 0.1) is 0 Å². The lowest BCUT2D eigenvalue weighted by molar-refractivity contribution is 0.431. The Morgan fingerprint density at radius 1 is 0.381 bits per heavy atom. The molecule has 0 aliphatic rings. The fourth-order valence-corrected chi connectivity index (χ4v) is 4.31. The molecule has 0 unspecified atom stereocenters. The first kappa shape index (κ1) is 24.7. The van der Waals surface area contributed by atoms with Crippen molar-refractivity contribution in [2.24, 2.45) is 0 Å². The fourth-order valence-electron chi connectivity index (χ4n) is 4.31. The molecule has 0 saturated heterocycles. The molecule has 3 N–H and O–H groups in total. The van der Waals surface area contributed by atoms with Crippen LogP contribution in [0.2, 0.25) is 0 Å². The van der Waals surface area contributed by atoms with Gasteiger partial charge in [-0.05, 0) is 72.8 Å². The minimum atomic E-state index is 0.0656. The van der Waals surface area contributed by atoms with Gasteiger partial charge in [-0.1, -0.05) is 33.7 Å². The highest BCUT2D eigenvalue weighted by Crippen LogP contribution is 2.33. The van der Waals surface area contributed by atoms with E-state index in [1.165, 1.54) is 18.2 Å². The molecule has 12 nitrogen and oxygen atoms in total. The number of aromatic nitrogens is 6. The molecular weight excluding hydrogens is 540 g/mol. The van der Waals surface area contributed by atoms with E-state index in [4.69, 9.17) is 13.6 Å². The second-order valence-corrected chi connectivity index (χ2v) is 9.22. The Hall–Kier alpha value is -6.30. The summed E-state index contributed by atoms with van der Waals surface area (Å²) in [4.78, 5) is 13.5. The van der Waals surface area contributed by atoms with Gasteiger partial charge in [-0.25, -0.2) is 0 Å². The number of benzene rings is 4. The fraction of sp³-hybridized carbons (Fsp3) is 0. The second kappa shape index (κ2) is 10.0. The van der Waals surface area contributed by atoms with Gasteiger partial charge in [-0.2, -0.15) is 15.0 Å². The predicted molar refractivity (Wildman–Crippen MR) is 148 cm³/mol. The lowest BCUT2D eigenvalue weighted by Crippen LogP contribution is -1.90. The molecule has 7 aromatic rings. The Balaban J connectivity index is 1.32.